The van der Waals surface area contributed by atoms with Crippen LogP contribution in [-0.2, 0) is 28.6 Å². The summed E-state index contributed by atoms with van der Waals surface area (Å²) in [5.74, 6) is -1.86. The van der Waals surface area contributed by atoms with Gasteiger partial charge in [0.25, 0.3) is 0 Å². The van der Waals surface area contributed by atoms with Crippen LogP contribution in [0.15, 0.2) is 48.5 Å². The Balaban J connectivity index is 2.00. The van der Waals surface area contributed by atoms with Crippen molar-refractivity contribution in [1.82, 2.24) is 5.32 Å². The smallest absolute Gasteiger partial charge is 0.368 e. The number of hydrogen-bond donors (Lipinski definition) is 2. The zero-order chi connectivity index (χ0) is 19.3. The molecule has 2 amide bonds. The van der Waals surface area contributed by atoms with E-state index in [4.69, 9.17) is 5.73 Å². The maximum Gasteiger partial charge on any atom is 0.416 e. The number of amides is 2. The van der Waals surface area contributed by atoms with Gasteiger partial charge in [-0.2, -0.15) is 13.2 Å². The van der Waals surface area contributed by atoms with Crippen LogP contribution in [0.4, 0.5) is 17.6 Å². The summed E-state index contributed by atoms with van der Waals surface area (Å²) in [5, 5.41) is 2.42. The fourth-order valence-electron chi connectivity index (χ4n) is 2.36. The Kier molecular flexibility index (Phi) is 5.97. The Morgan fingerprint density at radius 1 is 1.04 bits per heavy atom. The van der Waals surface area contributed by atoms with Gasteiger partial charge in [0.05, 0.1) is 12.0 Å². The lowest BCUT2D eigenvalue weighted by Gasteiger charge is -2.16. The van der Waals surface area contributed by atoms with E-state index in [1.165, 1.54) is 30.3 Å². The Hall–Kier alpha value is -2.90. The van der Waals surface area contributed by atoms with E-state index in [9.17, 15) is 27.2 Å². The van der Waals surface area contributed by atoms with Crippen LogP contribution in [0.2, 0.25) is 0 Å². The molecule has 0 radical (unpaired) electrons. The minimum absolute atomic E-state index is 0.00580. The number of nitrogens with one attached hydrogen (secondary N) is 1. The number of alkyl halides is 3. The quantitative estimate of drug-likeness (QED) is 0.770. The zero-order valence-corrected chi connectivity index (χ0v) is 13.5. The molecule has 8 heteroatoms. The highest BCUT2D eigenvalue weighted by atomic mass is 19.4. The molecule has 0 aliphatic rings. The first-order chi connectivity index (χ1) is 12.1. The van der Waals surface area contributed by atoms with E-state index < -0.39 is 35.4 Å². The Morgan fingerprint density at radius 3 is 2.23 bits per heavy atom. The van der Waals surface area contributed by atoms with Crippen molar-refractivity contribution in [3.63, 3.8) is 0 Å². The molecule has 0 unspecified atom stereocenters. The molecule has 0 heterocycles. The predicted octanol–water partition coefficient (Wildman–Crippen LogP) is 2.60. The molecule has 138 valence electrons. The fourth-order valence-corrected chi connectivity index (χ4v) is 2.36. The first-order valence-electron chi connectivity index (χ1n) is 7.64. The van der Waals surface area contributed by atoms with Crippen LogP contribution in [0.25, 0.3) is 0 Å². The normalized spacial score (nSPS) is 12.5. The molecule has 3 N–H and O–H groups in total. The number of rotatable bonds is 6. The molecule has 0 aliphatic carbocycles. The molecule has 0 aromatic heterocycles. The van der Waals surface area contributed by atoms with Crippen LogP contribution in [-0.4, -0.2) is 17.9 Å². The molecule has 2 rings (SSSR count). The molecule has 2 aromatic carbocycles. The Labute approximate surface area is 147 Å². The average Bonchev–Trinajstić information content (AvgIpc) is 2.53. The minimum Gasteiger partial charge on any atom is -0.368 e. The summed E-state index contributed by atoms with van der Waals surface area (Å²) in [6, 6.07) is 8.58. The van der Waals surface area contributed by atoms with Crippen molar-refractivity contribution >= 4 is 11.8 Å². The third-order valence-corrected chi connectivity index (χ3v) is 3.65. The highest BCUT2D eigenvalue weighted by molar-refractivity contribution is 5.87. The van der Waals surface area contributed by atoms with Crippen molar-refractivity contribution in [1.29, 1.82) is 0 Å². The molecule has 0 fully saturated rings. The van der Waals surface area contributed by atoms with Crippen LogP contribution in [0.5, 0.6) is 0 Å². The van der Waals surface area contributed by atoms with Crippen LogP contribution >= 0.6 is 0 Å². The third kappa shape index (κ3) is 5.58. The largest absolute Gasteiger partial charge is 0.416 e. The second-order valence-electron chi connectivity index (χ2n) is 5.73. The van der Waals surface area contributed by atoms with Gasteiger partial charge in [0.1, 0.15) is 11.9 Å². The monoisotopic (exact) mass is 368 g/mol. The van der Waals surface area contributed by atoms with Crippen molar-refractivity contribution in [2.75, 3.05) is 0 Å². The van der Waals surface area contributed by atoms with Gasteiger partial charge in [0, 0.05) is 6.42 Å². The van der Waals surface area contributed by atoms with Gasteiger partial charge >= 0.3 is 6.18 Å². The van der Waals surface area contributed by atoms with Crippen LogP contribution in [0.3, 0.4) is 0 Å². The van der Waals surface area contributed by atoms with Gasteiger partial charge in [-0.3, -0.25) is 9.59 Å². The van der Waals surface area contributed by atoms with E-state index >= 15 is 0 Å². The van der Waals surface area contributed by atoms with Crippen molar-refractivity contribution in [3.05, 3.63) is 71.0 Å². The van der Waals surface area contributed by atoms with E-state index in [1.54, 1.807) is 6.07 Å². The molecular formula is C18H16F4N2O2. The summed E-state index contributed by atoms with van der Waals surface area (Å²) in [7, 11) is 0. The number of hydrogen-bond acceptors (Lipinski definition) is 2. The predicted molar refractivity (Wildman–Crippen MR) is 86.4 cm³/mol. The maximum atomic E-state index is 13.2. The number of halogens is 4. The van der Waals surface area contributed by atoms with Gasteiger partial charge in [-0.05, 0) is 35.4 Å². The lowest BCUT2D eigenvalue weighted by molar-refractivity contribution is -0.137. The SMILES string of the molecule is NC(=O)[C@@H](Cc1cccc(F)c1)NC(=O)Cc1ccc(C(F)(F)F)cc1. The lowest BCUT2D eigenvalue weighted by Crippen LogP contribution is -2.46. The molecule has 0 bridgehead atoms. The molecule has 0 aliphatic heterocycles. The first-order valence-corrected chi connectivity index (χ1v) is 7.64. The van der Waals surface area contributed by atoms with E-state index in [1.807, 2.05) is 0 Å². The van der Waals surface area contributed by atoms with Crippen molar-refractivity contribution in [2.45, 2.75) is 25.1 Å². The number of nitrogens with two attached hydrogens (primary N) is 1. The van der Waals surface area contributed by atoms with E-state index in [0.717, 1.165) is 12.1 Å². The number of benzene rings is 2. The van der Waals surface area contributed by atoms with Crippen molar-refractivity contribution in [3.8, 4) is 0 Å². The topological polar surface area (TPSA) is 72.2 Å². The lowest BCUT2D eigenvalue weighted by atomic mass is 10.0. The van der Waals surface area contributed by atoms with Crippen LogP contribution in [0, 0.1) is 5.82 Å². The second kappa shape index (κ2) is 7.99. The van der Waals surface area contributed by atoms with E-state index in [2.05, 4.69) is 5.32 Å². The van der Waals surface area contributed by atoms with Gasteiger partial charge in [-0.1, -0.05) is 24.3 Å². The molecule has 4 nitrogen and oxygen atoms in total. The molecule has 26 heavy (non-hydrogen) atoms. The number of carbonyl (C=O) groups excluding carboxylic acids is 2. The van der Waals surface area contributed by atoms with Gasteiger partial charge in [0.2, 0.25) is 11.8 Å². The minimum atomic E-state index is -4.46. The number of carbonyl (C=O) groups is 2. The summed E-state index contributed by atoms with van der Waals surface area (Å²) in [5.41, 5.74) is 5.27. The third-order valence-electron chi connectivity index (χ3n) is 3.65. The Bertz CT molecular complexity index is 789. The van der Waals surface area contributed by atoms with Crippen LogP contribution in [0.1, 0.15) is 16.7 Å². The van der Waals surface area contributed by atoms with E-state index in [0.29, 0.717) is 11.1 Å². The van der Waals surface area contributed by atoms with Gasteiger partial charge in [-0.25, -0.2) is 4.39 Å². The summed E-state index contributed by atoms with van der Waals surface area (Å²) < 4.78 is 50.8. The molecular weight excluding hydrogens is 352 g/mol. The average molecular weight is 368 g/mol. The van der Waals surface area contributed by atoms with Crippen LogP contribution < -0.4 is 11.1 Å². The van der Waals surface area contributed by atoms with Gasteiger partial charge in [0.15, 0.2) is 0 Å². The summed E-state index contributed by atoms with van der Waals surface area (Å²) in [4.78, 5) is 23.6. The molecule has 0 saturated carbocycles. The highest BCUT2D eigenvalue weighted by Gasteiger charge is 2.30. The molecule has 0 saturated heterocycles. The Morgan fingerprint density at radius 2 is 1.69 bits per heavy atom. The summed E-state index contributed by atoms with van der Waals surface area (Å²) in [6.07, 6.45) is -4.67. The van der Waals surface area contributed by atoms with Gasteiger partial charge < -0.3 is 11.1 Å². The van der Waals surface area contributed by atoms with Crippen molar-refractivity contribution in [2.24, 2.45) is 5.73 Å². The molecule has 0 spiro atoms. The first kappa shape index (κ1) is 19.4. The fraction of sp³-hybridized carbons (Fsp3) is 0.222. The molecule has 2 aromatic rings. The van der Waals surface area contributed by atoms with E-state index in [-0.39, 0.29) is 12.8 Å². The highest BCUT2D eigenvalue weighted by Crippen LogP contribution is 2.29. The second-order valence-corrected chi connectivity index (χ2v) is 5.73. The van der Waals surface area contributed by atoms with Gasteiger partial charge in [-0.15, -0.1) is 0 Å². The zero-order valence-electron chi connectivity index (χ0n) is 13.5. The summed E-state index contributed by atoms with van der Waals surface area (Å²) in [6.45, 7) is 0. The number of primary amides is 1. The maximum absolute atomic E-state index is 13.2. The standard InChI is InChI=1S/C18H16F4N2O2/c19-14-3-1-2-12(8-14)9-15(17(23)26)24-16(25)10-11-4-6-13(7-5-11)18(20,21)22/h1-8,15H,9-10H2,(H2,23,26)(H,24,25)/t15-/m1/s1. The molecule has 1 atom stereocenters. The summed E-state index contributed by atoms with van der Waals surface area (Å²) >= 11 is 0. The van der Waals surface area contributed by atoms with Crippen molar-refractivity contribution < 1.29 is 27.2 Å².